The number of amides is 2. The number of hydrogen-bond donors (Lipinski definition) is 2. The first-order valence-electron chi connectivity index (χ1n) is 9.59. The summed E-state index contributed by atoms with van der Waals surface area (Å²) in [6.45, 7) is 1.56. The first kappa shape index (κ1) is 20.7. The van der Waals surface area contributed by atoms with E-state index in [0.29, 0.717) is 35.7 Å². The lowest BCUT2D eigenvalue weighted by atomic mass is 10.1. The number of carbonyl (C=O) groups is 2. The zero-order valence-corrected chi connectivity index (χ0v) is 16.7. The molecule has 1 fully saturated rings. The number of benzene rings is 2. The Kier molecular flexibility index (Phi) is 7.08. The van der Waals surface area contributed by atoms with Crippen LogP contribution < -0.4 is 20.1 Å². The average molecular weight is 398 g/mol. The summed E-state index contributed by atoms with van der Waals surface area (Å²) in [6, 6.07) is 12.1. The summed E-state index contributed by atoms with van der Waals surface area (Å²) in [4.78, 5) is 24.9. The van der Waals surface area contributed by atoms with E-state index in [4.69, 9.17) is 14.2 Å². The van der Waals surface area contributed by atoms with Crippen molar-refractivity contribution in [2.45, 2.75) is 25.5 Å². The lowest BCUT2D eigenvalue weighted by molar-refractivity contribution is 0.0857. The lowest BCUT2D eigenvalue weighted by Gasteiger charge is -2.12. The highest BCUT2D eigenvalue weighted by Gasteiger charge is 2.17. The Hall–Kier alpha value is -3.06. The molecule has 7 nitrogen and oxygen atoms in total. The molecule has 1 unspecified atom stereocenters. The third kappa shape index (κ3) is 5.48. The molecule has 0 bridgehead atoms. The van der Waals surface area contributed by atoms with Gasteiger partial charge in [-0.05, 0) is 48.7 Å². The Balaban J connectivity index is 1.58. The van der Waals surface area contributed by atoms with E-state index in [-0.39, 0.29) is 17.9 Å². The van der Waals surface area contributed by atoms with E-state index in [1.807, 2.05) is 12.1 Å². The standard InChI is InChI=1S/C22H26N2O5/c1-27-19-9-8-15(11-20(19)28-2)13-23-21(25)16-5-3-6-17(12-16)22(26)24-14-18-7-4-10-29-18/h3,5-6,8-9,11-12,18H,4,7,10,13-14H2,1-2H3,(H,23,25)(H,24,26). The molecule has 1 heterocycles. The fourth-order valence-corrected chi connectivity index (χ4v) is 3.19. The SMILES string of the molecule is COc1ccc(CNC(=O)c2cccc(C(=O)NCC3CCCO3)c2)cc1OC. The number of carbonyl (C=O) groups excluding carboxylic acids is 2. The van der Waals surface area contributed by atoms with E-state index in [1.165, 1.54) is 0 Å². The predicted octanol–water partition coefficient (Wildman–Crippen LogP) is 2.54. The number of ether oxygens (including phenoxy) is 3. The lowest BCUT2D eigenvalue weighted by Crippen LogP contribution is -2.32. The maximum absolute atomic E-state index is 12.5. The Labute approximate surface area is 170 Å². The predicted molar refractivity (Wildman–Crippen MR) is 108 cm³/mol. The molecular formula is C22H26N2O5. The molecule has 1 aliphatic rings. The average Bonchev–Trinajstić information content (AvgIpc) is 3.29. The van der Waals surface area contributed by atoms with Gasteiger partial charge in [-0.1, -0.05) is 12.1 Å². The second-order valence-electron chi connectivity index (χ2n) is 6.80. The molecule has 1 saturated heterocycles. The largest absolute Gasteiger partial charge is 0.493 e. The minimum absolute atomic E-state index is 0.0759. The third-order valence-corrected chi connectivity index (χ3v) is 4.80. The summed E-state index contributed by atoms with van der Waals surface area (Å²) in [7, 11) is 3.14. The monoisotopic (exact) mass is 398 g/mol. The van der Waals surface area contributed by atoms with Crippen molar-refractivity contribution in [2.24, 2.45) is 0 Å². The zero-order valence-electron chi connectivity index (χ0n) is 16.7. The normalized spacial score (nSPS) is 15.6. The van der Waals surface area contributed by atoms with Crippen LogP contribution >= 0.6 is 0 Å². The molecule has 0 radical (unpaired) electrons. The van der Waals surface area contributed by atoms with Gasteiger partial charge in [-0.25, -0.2) is 0 Å². The van der Waals surface area contributed by atoms with Gasteiger partial charge in [0.1, 0.15) is 0 Å². The summed E-state index contributed by atoms with van der Waals surface area (Å²) >= 11 is 0. The Morgan fingerprint density at radius 1 is 1.00 bits per heavy atom. The topological polar surface area (TPSA) is 85.9 Å². The van der Waals surface area contributed by atoms with Gasteiger partial charge in [0.2, 0.25) is 0 Å². The fraction of sp³-hybridized carbons (Fsp3) is 0.364. The first-order valence-corrected chi connectivity index (χ1v) is 9.59. The van der Waals surface area contributed by atoms with Crippen LogP contribution in [0.5, 0.6) is 11.5 Å². The van der Waals surface area contributed by atoms with Gasteiger partial charge in [-0.3, -0.25) is 9.59 Å². The van der Waals surface area contributed by atoms with Crippen molar-refractivity contribution in [3.05, 3.63) is 59.2 Å². The molecule has 1 aliphatic heterocycles. The highest BCUT2D eigenvalue weighted by Crippen LogP contribution is 2.27. The van der Waals surface area contributed by atoms with Crippen molar-refractivity contribution in [2.75, 3.05) is 27.4 Å². The summed E-state index contributed by atoms with van der Waals surface area (Å²) in [5, 5.41) is 5.73. The first-order chi connectivity index (χ1) is 14.1. The maximum atomic E-state index is 12.5. The van der Waals surface area contributed by atoms with E-state index in [9.17, 15) is 9.59 Å². The molecule has 2 aromatic carbocycles. The van der Waals surface area contributed by atoms with Crippen molar-refractivity contribution in [3.8, 4) is 11.5 Å². The summed E-state index contributed by atoms with van der Waals surface area (Å²) in [6.07, 6.45) is 2.06. The molecular weight excluding hydrogens is 372 g/mol. The van der Waals surface area contributed by atoms with Crippen LogP contribution in [0.25, 0.3) is 0 Å². The third-order valence-electron chi connectivity index (χ3n) is 4.80. The number of methoxy groups -OCH3 is 2. The molecule has 0 saturated carbocycles. The van der Waals surface area contributed by atoms with Gasteiger partial charge in [-0.2, -0.15) is 0 Å². The number of rotatable bonds is 8. The molecule has 154 valence electrons. The van der Waals surface area contributed by atoms with Gasteiger partial charge in [0.25, 0.3) is 11.8 Å². The van der Waals surface area contributed by atoms with E-state index in [0.717, 1.165) is 25.0 Å². The number of hydrogen-bond acceptors (Lipinski definition) is 5. The maximum Gasteiger partial charge on any atom is 0.251 e. The molecule has 2 amide bonds. The van der Waals surface area contributed by atoms with Gasteiger partial charge >= 0.3 is 0 Å². The van der Waals surface area contributed by atoms with Crippen LogP contribution in [-0.2, 0) is 11.3 Å². The molecule has 29 heavy (non-hydrogen) atoms. The molecule has 0 aliphatic carbocycles. The van der Waals surface area contributed by atoms with Crippen LogP contribution in [0, 0.1) is 0 Å². The Morgan fingerprint density at radius 3 is 2.38 bits per heavy atom. The van der Waals surface area contributed by atoms with E-state index in [1.54, 1.807) is 44.6 Å². The Morgan fingerprint density at radius 2 is 1.72 bits per heavy atom. The molecule has 2 aromatic rings. The van der Waals surface area contributed by atoms with Crippen molar-refractivity contribution in [3.63, 3.8) is 0 Å². The van der Waals surface area contributed by atoms with E-state index in [2.05, 4.69) is 10.6 Å². The summed E-state index contributed by atoms with van der Waals surface area (Å²) in [5.41, 5.74) is 1.75. The van der Waals surface area contributed by atoms with Crippen LogP contribution in [0.3, 0.4) is 0 Å². The van der Waals surface area contributed by atoms with Crippen molar-refractivity contribution < 1.29 is 23.8 Å². The van der Waals surface area contributed by atoms with Gasteiger partial charge in [0.15, 0.2) is 11.5 Å². The number of nitrogens with one attached hydrogen (secondary N) is 2. The van der Waals surface area contributed by atoms with Crippen LogP contribution in [0.15, 0.2) is 42.5 Å². The molecule has 2 N–H and O–H groups in total. The van der Waals surface area contributed by atoms with E-state index < -0.39 is 0 Å². The smallest absolute Gasteiger partial charge is 0.251 e. The van der Waals surface area contributed by atoms with Gasteiger partial charge in [-0.15, -0.1) is 0 Å². The van der Waals surface area contributed by atoms with Crippen molar-refractivity contribution >= 4 is 11.8 Å². The van der Waals surface area contributed by atoms with Gasteiger partial charge in [0, 0.05) is 30.8 Å². The summed E-state index contributed by atoms with van der Waals surface area (Å²) in [5.74, 6) is 0.761. The van der Waals surface area contributed by atoms with Crippen molar-refractivity contribution in [1.29, 1.82) is 0 Å². The second kappa shape index (κ2) is 9.93. The minimum atomic E-state index is -0.256. The van der Waals surface area contributed by atoms with Crippen LogP contribution in [0.1, 0.15) is 39.1 Å². The van der Waals surface area contributed by atoms with Crippen LogP contribution in [0.4, 0.5) is 0 Å². The van der Waals surface area contributed by atoms with Crippen LogP contribution in [-0.4, -0.2) is 45.3 Å². The van der Waals surface area contributed by atoms with Gasteiger partial charge < -0.3 is 24.8 Å². The highest BCUT2D eigenvalue weighted by molar-refractivity contribution is 5.99. The molecule has 0 aromatic heterocycles. The molecule has 3 rings (SSSR count). The molecule has 7 heteroatoms. The molecule has 0 spiro atoms. The summed E-state index contributed by atoms with van der Waals surface area (Å²) < 4.78 is 16.0. The van der Waals surface area contributed by atoms with E-state index >= 15 is 0 Å². The molecule has 1 atom stereocenters. The Bertz CT molecular complexity index is 862. The quantitative estimate of drug-likeness (QED) is 0.714. The second-order valence-corrected chi connectivity index (χ2v) is 6.80. The highest BCUT2D eigenvalue weighted by atomic mass is 16.5. The van der Waals surface area contributed by atoms with Crippen molar-refractivity contribution in [1.82, 2.24) is 10.6 Å². The fourth-order valence-electron chi connectivity index (χ4n) is 3.19. The minimum Gasteiger partial charge on any atom is -0.493 e. The zero-order chi connectivity index (χ0) is 20.6. The van der Waals surface area contributed by atoms with Crippen LogP contribution in [0.2, 0.25) is 0 Å². The van der Waals surface area contributed by atoms with Gasteiger partial charge in [0.05, 0.1) is 20.3 Å².